The third-order valence-electron chi connectivity index (χ3n) is 7.55. The first-order chi connectivity index (χ1) is 22.9. The summed E-state index contributed by atoms with van der Waals surface area (Å²) < 4.78 is 11.3. The number of rotatable bonds is 17. The number of hydrogen-bond donors (Lipinski definition) is 2. The second-order valence-electron chi connectivity index (χ2n) is 14.7. The van der Waals surface area contributed by atoms with E-state index in [2.05, 4.69) is 17.6 Å². The lowest BCUT2D eigenvalue weighted by Gasteiger charge is -2.35. The van der Waals surface area contributed by atoms with Gasteiger partial charge in [0.05, 0.1) is 0 Å². The number of amides is 3. The number of ether oxygens (including phenoxy) is 2. The highest BCUT2D eigenvalue weighted by Gasteiger charge is 2.38. The second-order valence-corrected chi connectivity index (χ2v) is 15.7. The van der Waals surface area contributed by atoms with Crippen LogP contribution in [-0.2, 0) is 30.3 Å². The number of aryl methyl sites for hydroxylation is 2. The molecular formula is C39H59N3O6S. The molecule has 0 spiro atoms. The molecule has 3 unspecified atom stereocenters. The van der Waals surface area contributed by atoms with Gasteiger partial charge in [0.15, 0.2) is 0 Å². The van der Waals surface area contributed by atoms with E-state index < -0.39 is 47.3 Å². The van der Waals surface area contributed by atoms with Crippen molar-refractivity contribution in [2.45, 2.75) is 130 Å². The van der Waals surface area contributed by atoms with Gasteiger partial charge in [-0.05, 0) is 91.4 Å². The largest absolute Gasteiger partial charge is 0.458 e. The molecule has 2 aromatic rings. The standard InChI is InChI=1S/C39H59N3O6S/c1-11-12-13-17-21-42(35(44)31(20-22-49-10)41-37(46)48-39(7,8)9)33(30-24-27(2)23-28(3)25-30)34(43)40-32(36(45)47-38(4,5)6)26-29-18-15-14-16-19-29/h14-16,18-19,23-25,31-33H,11-13,17,20-22,26H2,1-10H3,(H,40,43)(H,41,46). The van der Waals surface area contributed by atoms with Crippen LogP contribution in [0.25, 0.3) is 0 Å². The minimum Gasteiger partial charge on any atom is -0.458 e. The Morgan fingerprint density at radius 2 is 1.43 bits per heavy atom. The summed E-state index contributed by atoms with van der Waals surface area (Å²) in [6, 6.07) is 12.2. The molecule has 0 saturated heterocycles. The number of esters is 1. The Morgan fingerprint density at radius 3 is 1.98 bits per heavy atom. The van der Waals surface area contributed by atoms with Gasteiger partial charge in [0.2, 0.25) is 11.8 Å². The first kappa shape index (κ1) is 41.6. The Morgan fingerprint density at radius 1 is 0.816 bits per heavy atom. The summed E-state index contributed by atoms with van der Waals surface area (Å²) in [5.74, 6) is -0.836. The molecular weight excluding hydrogens is 639 g/mol. The fourth-order valence-electron chi connectivity index (χ4n) is 5.53. The van der Waals surface area contributed by atoms with E-state index in [1.165, 1.54) is 0 Å². The predicted octanol–water partition coefficient (Wildman–Crippen LogP) is 7.47. The smallest absolute Gasteiger partial charge is 0.408 e. The molecule has 3 amide bonds. The van der Waals surface area contributed by atoms with Crippen LogP contribution in [0.4, 0.5) is 4.79 Å². The molecule has 0 heterocycles. The molecule has 49 heavy (non-hydrogen) atoms. The van der Waals surface area contributed by atoms with Crippen LogP contribution >= 0.6 is 11.8 Å². The van der Waals surface area contributed by atoms with Crippen LogP contribution in [-0.4, -0.2) is 70.6 Å². The lowest BCUT2D eigenvalue weighted by atomic mass is 9.97. The van der Waals surface area contributed by atoms with E-state index in [0.29, 0.717) is 24.2 Å². The number of nitrogens with one attached hydrogen (secondary N) is 2. The van der Waals surface area contributed by atoms with Gasteiger partial charge in [-0.1, -0.05) is 85.8 Å². The number of carbonyl (C=O) groups excluding carboxylic acids is 4. The van der Waals surface area contributed by atoms with Crippen molar-refractivity contribution in [2.24, 2.45) is 0 Å². The molecule has 2 aromatic carbocycles. The summed E-state index contributed by atoms with van der Waals surface area (Å²) >= 11 is 1.56. The summed E-state index contributed by atoms with van der Waals surface area (Å²) in [7, 11) is 0. The van der Waals surface area contributed by atoms with E-state index >= 15 is 0 Å². The number of carbonyl (C=O) groups is 4. The Labute approximate surface area is 298 Å². The van der Waals surface area contributed by atoms with Gasteiger partial charge < -0.3 is 25.0 Å². The fourth-order valence-corrected chi connectivity index (χ4v) is 6.00. The Hall–Kier alpha value is -3.53. The summed E-state index contributed by atoms with van der Waals surface area (Å²) in [6.45, 7) is 16.9. The highest BCUT2D eigenvalue weighted by Crippen LogP contribution is 2.27. The molecule has 2 N–H and O–H groups in total. The number of thioether (sulfide) groups is 1. The second kappa shape index (κ2) is 19.6. The number of hydrogen-bond acceptors (Lipinski definition) is 7. The first-order valence-corrected chi connectivity index (χ1v) is 18.8. The van der Waals surface area contributed by atoms with Gasteiger partial charge in [0, 0.05) is 13.0 Å². The zero-order valence-corrected chi connectivity index (χ0v) is 32.1. The maximum Gasteiger partial charge on any atom is 0.408 e. The highest BCUT2D eigenvalue weighted by atomic mass is 32.2. The maximum absolute atomic E-state index is 14.7. The van der Waals surface area contributed by atoms with E-state index in [9.17, 15) is 19.2 Å². The summed E-state index contributed by atoms with van der Waals surface area (Å²) in [5.41, 5.74) is 1.82. The minimum absolute atomic E-state index is 0.210. The normalized spacial score (nSPS) is 13.5. The first-order valence-electron chi connectivity index (χ1n) is 17.4. The topological polar surface area (TPSA) is 114 Å². The van der Waals surface area contributed by atoms with Gasteiger partial charge in [0.25, 0.3) is 0 Å². The summed E-state index contributed by atoms with van der Waals surface area (Å²) in [4.78, 5) is 57.5. The Balaban J connectivity index is 2.67. The van der Waals surface area contributed by atoms with Crippen LogP contribution in [0.5, 0.6) is 0 Å². The summed E-state index contributed by atoms with van der Waals surface area (Å²) in [6.07, 6.45) is 5.31. The van der Waals surface area contributed by atoms with Crippen molar-refractivity contribution >= 4 is 35.6 Å². The molecule has 0 aliphatic carbocycles. The Kier molecular flexibility index (Phi) is 16.7. The van der Waals surface area contributed by atoms with E-state index in [0.717, 1.165) is 36.0 Å². The van der Waals surface area contributed by atoms with Crippen LogP contribution in [0.3, 0.4) is 0 Å². The third kappa shape index (κ3) is 15.3. The molecule has 0 fully saturated rings. The Bertz CT molecular complexity index is 1350. The van der Waals surface area contributed by atoms with Crippen molar-refractivity contribution in [1.29, 1.82) is 0 Å². The minimum atomic E-state index is -1.08. The van der Waals surface area contributed by atoms with E-state index in [1.54, 1.807) is 58.2 Å². The van der Waals surface area contributed by atoms with E-state index in [4.69, 9.17) is 9.47 Å². The monoisotopic (exact) mass is 697 g/mol. The number of benzene rings is 2. The molecule has 2 rings (SSSR count). The molecule has 10 heteroatoms. The fraction of sp³-hybridized carbons (Fsp3) is 0.590. The molecule has 0 aromatic heterocycles. The van der Waals surface area contributed by atoms with E-state index in [1.807, 2.05) is 68.6 Å². The molecule has 0 bridgehead atoms. The van der Waals surface area contributed by atoms with Gasteiger partial charge in [-0.2, -0.15) is 11.8 Å². The van der Waals surface area contributed by atoms with Crippen molar-refractivity contribution in [3.05, 3.63) is 70.8 Å². The van der Waals surface area contributed by atoms with Gasteiger partial charge in [-0.3, -0.25) is 9.59 Å². The van der Waals surface area contributed by atoms with Crippen LogP contribution in [0.2, 0.25) is 0 Å². The third-order valence-corrected chi connectivity index (χ3v) is 8.19. The van der Waals surface area contributed by atoms with Gasteiger partial charge >= 0.3 is 12.1 Å². The predicted molar refractivity (Wildman–Crippen MR) is 199 cm³/mol. The van der Waals surface area contributed by atoms with Crippen molar-refractivity contribution in [3.63, 3.8) is 0 Å². The van der Waals surface area contributed by atoms with Gasteiger partial charge in [-0.25, -0.2) is 9.59 Å². The number of alkyl carbamates (subject to hydrolysis) is 1. The lowest BCUT2D eigenvalue weighted by Crippen LogP contribution is -2.55. The maximum atomic E-state index is 14.7. The average Bonchev–Trinajstić information content (AvgIpc) is 2.98. The molecule has 0 radical (unpaired) electrons. The van der Waals surface area contributed by atoms with Gasteiger partial charge in [-0.15, -0.1) is 0 Å². The molecule has 0 aliphatic rings. The van der Waals surface area contributed by atoms with Crippen LogP contribution in [0, 0.1) is 13.8 Å². The SMILES string of the molecule is CCCCCCN(C(=O)C(CCSC)NC(=O)OC(C)(C)C)C(C(=O)NC(Cc1ccccc1)C(=O)OC(C)(C)C)c1cc(C)cc(C)c1. The zero-order chi connectivity index (χ0) is 36.8. The van der Waals surface area contributed by atoms with Crippen LogP contribution < -0.4 is 10.6 Å². The average molecular weight is 698 g/mol. The lowest BCUT2D eigenvalue weighted by molar-refractivity contribution is -0.159. The number of unbranched alkanes of at least 4 members (excludes halogenated alkanes) is 3. The number of nitrogens with zero attached hydrogens (tertiary/aromatic N) is 1. The van der Waals surface area contributed by atoms with Crippen molar-refractivity contribution < 1.29 is 28.7 Å². The quantitative estimate of drug-likeness (QED) is 0.130. The van der Waals surface area contributed by atoms with Crippen LogP contribution in [0.15, 0.2) is 48.5 Å². The molecule has 9 nitrogen and oxygen atoms in total. The van der Waals surface area contributed by atoms with Crippen LogP contribution in [0.1, 0.15) is 109 Å². The van der Waals surface area contributed by atoms with Crippen molar-refractivity contribution in [1.82, 2.24) is 15.5 Å². The van der Waals surface area contributed by atoms with Crippen molar-refractivity contribution in [3.8, 4) is 0 Å². The van der Waals surface area contributed by atoms with E-state index in [-0.39, 0.29) is 18.9 Å². The highest BCUT2D eigenvalue weighted by molar-refractivity contribution is 7.98. The zero-order valence-electron chi connectivity index (χ0n) is 31.3. The molecule has 272 valence electrons. The van der Waals surface area contributed by atoms with Gasteiger partial charge in [0.1, 0.15) is 29.3 Å². The summed E-state index contributed by atoms with van der Waals surface area (Å²) in [5, 5.41) is 5.80. The molecule has 0 saturated carbocycles. The molecule has 0 aliphatic heterocycles. The van der Waals surface area contributed by atoms with Crippen molar-refractivity contribution in [2.75, 3.05) is 18.6 Å². The molecule has 3 atom stereocenters.